The Morgan fingerprint density at radius 2 is 1.74 bits per heavy atom. The van der Waals surface area contributed by atoms with Crippen LogP contribution in [-0.4, -0.2) is 46.1 Å². The molecule has 1 aromatic heterocycles. The lowest BCUT2D eigenvalue weighted by molar-refractivity contribution is -0.123. The zero-order valence-electron chi connectivity index (χ0n) is 17.6. The summed E-state index contributed by atoms with van der Waals surface area (Å²) in [6, 6.07) is 19.8. The minimum Gasteiger partial charge on any atom is -0.369 e. The Labute approximate surface area is 181 Å². The predicted octanol–water partition coefficient (Wildman–Crippen LogP) is 2.98. The zero-order valence-corrected chi connectivity index (χ0v) is 17.6. The summed E-state index contributed by atoms with van der Waals surface area (Å²) in [7, 11) is 0. The molecule has 2 aromatic carbocycles. The van der Waals surface area contributed by atoms with E-state index < -0.39 is 0 Å². The Kier molecular flexibility index (Phi) is 6.13. The third-order valence-electron chi connectivity index (χ3n) is 5.68. The van der Waals surface area contributed by atoms with E-state index in [0.29, 0.717) is 31.7 Å². The van der Waals surface area contributed by atoms with Gasteiger partial charge in [0.25, 0.3) is 0 Å². The van der Waals surface area contributed by atoms with Gasteiger partial charge in [-0.3, -0.25) is 14.5 Å². The van der Waals surface area contributed by atoms with Gasteiger partial charge in [0.2, 0.25) is 11.8 Å². The second-order valence-electron chi connectivity index (χ2n) is 8.03. The summed E-state index contributed by atoms with van der Waals surface area (Å²) in [5, 5.41) is 7.77. The molecule has 2 amide bonds. The van der Waals surface area contributed by atoms with Crippen molar-refractivity contribution in [2.75, 3.05) is 25.0 Å². The number of amides is 2. The molecule has 31 heavy (non-hydrogen) atoms. The predicted molar refractivity (Wildman–Crippen MR) is 121 cm³/mol. The summed E-state index contributed by atoms with van der Waals surface area (Å²) in [5.41, 5.74) is 9.24. The number of aryl methyl sites for hydroxylation is 1. The van der Waals surface area contributed by atoms with Crippen LogP contribution in [0.3, 0.4) is 0 Å². The van der Waals surface area contributed by atoms with Gasteiger partial charge >= 0.3 is 0 Å². The number of carbonyl (C=O) groups is 2. The Bertz CT molecular complexity index is 1050. The van der Waals surface area contributed by atoms with E-state index >= 15 is 0 Å². The molecule has 0 spiro atoms. The molecule has 0 radical (unpaired) electrons. The number of nitrogens with one attached hydrogen (secondary N) is 1. The van der Waals surface area contributed by atoms with Crippen molar-refractivity contribution < 1.29 is 9.59 Å². The van der Waals surface area contributed by atoms with Gasteiger partial charge in [0.15, 0.2) is 0 Å². The summed E-state index contributed by atoms with van der Waals surface area (Å²) >= 11 is 0. The van der Waals surface area contributed by atoms with Crippen molar-refractivity contribution in [1.29, 1.82) is 0 Å². The maximum Gasteiger partial charge on any atom is 0.239 e. The van der Waals surface area contributed by atoms with Gasteiger partial charge in [-0.2, -0.15) is 5.10 Å². The molecule has 1 aliphatic heterocycles. The van der Waals surface area contributed by atoms with Gasteiger partial charge in [-0.25, -0.2) is 4.68 Å². The molecule has 3 aromatic rings. The van der Waals surface area contributed by atoms with E-state index in [1.54, 1.807) is 4.68 Å². The summed E-state index contributed by atoms with van der Waals surface area (Å²) in [5.74, 6) is 0.180. The van der Waals surface area contributed by atoms with Gasteiger partial charge in [-0.1, -0.05) is 48.0 Å². The monoisotopic (exact) mass is 417 g/mol. The molecule has 0 unspecified atom stereocenters. The number of benzene rings is 2. The first-order valence-electron chi connectivity index (χ1n) is 10.5. The lowest BCUT2D eigenvalue weighted by atomic mass is 9.96. The van der Waals surface area contributed by atoms with E-state index in [0.717, 1.165) is 16.9 Å². The van der Waals surface area contributed by atoms with E-state index in [9.17, 15) is 9.59 Å². The molecule has 7 nitrogen and oxygen atoms in total. The highest BCUT2D eigenvalue weighted by atomic mass is 16.2. The van der Waals surface area contributed by atoms with Crippen molar-refractivity contribution in [3.63, 3.8) is 0 Å². The fourth-order valence-corrected chi connectivity index (χ4v) is 3.86. The number of aromatic nitrogens is 2. The molecule has 3 N–H and O–H groups in total. The van der Waals surface area contributed by atoms with Crippen LogP contribution in [0.2, 0.25) is 0 Å². The number of nitrogens with zero attached hydrogens (tertiary/aromatic N) is 3. The molecule has 2 heterocycles. The number of hydrogen-bond donors (Lipinski definition) is 2. The van der Waals surface area contributed by atoms with E-state index in [1.807, 2.05) is 67.6 Å². The minimum absolute atomic E-state index is 0.0871. The molecule has 160 valence electrons. The smallest absolute Gasteiger partial charge is 0.239 e. The number of likely N-dealkylation sites (tertiary alicyclic amines) is 1. The number of primary amides is 1. The molecule has 7 heteroatoms. The van der Waals surface area contributed by atoms with Crippen LogP contribution in [0.5, 0.6) is 0 Å². The quantitative estimate of drug-likeness (QED) is 0.645. The number of para-hydroxylation sites is 1. The Morgan fingerprint density at radius 3 is 2.39 bits per heavy atom. The molecule has 0 bridgehead atoms. The highest BCUT2D eigenvalue weighted by Crippen LogP contribution is 2.25. The van der Waals surface area contributed by atoms with Crippen molar-refractivity contribution in [3.8, 4) is 16.9 Å². The SMILES string of the molecule is Cc1ccc(-c2cc(NC(=O)CN3CCC(C(N)=O)CC3)n(-c3ccccc3)n2)cc1. The lowest BCUT2D eigenvalue weighted by Gasteiger charge is -2.29. The van der Waals surface area contributed by atoms with Gasteiger partial charge in [0.1, 0.15) is 5.82 Å². The highest BCUT2D eigenvalue weighted by Gasteiger charge is 2.24. The maximum atomic E-state index is 12.8. The van der Waals surface area contributed by atoms with Gasteiger partial charge in [0, 0.05) is 17.5 Å². The normalized spacial score (nSPS) is 15.0. The van der Waals surface area contributed by atoms with Crippen LogP contribution < -0.4 is 11.1 Å². The van der Waals surface area contributed by atoms with Crippen molar-refractivity contribution >= 4 is 17.6 Å². The van der Waals surface area contributed by atoms with Crippen LogP contribution in [0.1, 0.15) is 18.4 Å². The van der Waals surface area contributed by atoms with Crippen LogP contribution in [-0.2, 0) is 9.59 Å². The Morgan fingerprint density at radius 1 is 1.06 bits per heavy atom. The number of nitrogens with two attached hydrogens (primary N) is 1. The summed E-state index contributed by atoms with van der Waals surface area (Å²) in [6.07, 6.45) is 1.39. The number of carbonyl (C=O) groups excluding carboxylic acids is 2. The molecular formula is C24H27N5O2. The highest BCUT2D eigenvalue weighted by molar-refractivity contribution is 5.92. The standard InChI is InChI=1S/C24H27N5O2/c1-17-7-9-18(10-8-17)21-15-22(29(27-21)20-5-3-2-4-6-20)26-23(30)16-28-13-11-19(12-14-28)24(25)31/h2-10,15,19H,11-14,16H2,1H3,(H2,25,31)(H,26,30). The van der Waals surface area contributed by atoms with Crippen molar-refractivity contribution in [3.05, 3.63) is 66.2 Å². The van der Waals surface area contributed by atoms with Crippen molar-refractivity contribution in [2.45, 2.75) is 19.8 Å². The van der Waals surface area contributed by atoms with Crippen LogP contribution >= 0.6 is 0 Å². The third-order valence-corrected chi connectivity index (χ3v) is 5.68. The first-order chi connectivity index (χ1) is 15.0. The van der Waals surface area contributed by atoms with Crippen LogP contribution in [0, 0.1) is 12.8 Å². The number of anilines is 1. The summed E-state index contributed by atoms with van der Waals surface area (Å²) in [4.78, 5) is 26.2. The number of piperidine rings is 1. The Balaban J connectivity index is 1.52. The molecule has 0 atom stereocenters. The van der Waals surface area contributed by atoms with E-state index in [4.69, 9.17) is 10.8 Å². The van der Waals surface area contributed by atoms with Crippen molar-refractivity contribution in [2.24, 2.45) is 11.7 Å². The second kappa shape index (κ2) is 9.14. The molecule has 4 rings (SSSR count). The maximum absolute atomic E-state index is 12.8. The Hall–Kier alpha value is -3.45. The second-order valence-corrected chi connectivity index (χ2v) is 8.03. The van der Waals surface area contributed by atoms with Gasteiger partial charge in [0.05, 0.1) is 17.9 Å². The zero-order chi connectivity index (χ0) is 21.8. The fourth-order valence-electron chi connectivity index (χ4n) is 3.86. The van der Waals surface area contributed by atoms with Gasteiger partial charge < -0.3 is 11.1 Å². The summed E-state index contributed by atoms with van der Waals surface area (Å²) < 4.78 is 1.76. The molecule has 1 aliphatic rings. The first-order valence-corrected chi connectivity index (χ1v) is 10.5. The molecule has 1 fully saturated rings. The average Bonchev–Trinajstić information content (AvgIpc) is 3.18. The number of rotatable bonds is 6. The fraction of sp³-hybridized carbons (Fsp3) is 0.292. The van der Waals surface area contributed by atoms with E-state index in [2.05, 4.69) is 10.2 Å². The molecular weight excluding hydrogens is 390 g/mol. The van der Waals surface area contributed by atoms with E-state index in [1.165, 1.54) is 5.56 Å². The van der Waals surface area contributed by atoms with Crippen LogP contribution in [0.25, 0.3) is 16.9 Å². The van der Waals surface area contributed by atoms with Crippen LogP contribution in [0.15, 0.2) is 60.7 Å². The average molecular weight is 418 g/mol. The number of hydrogen-bond acceptors (Lipinski definition) is 4. The van der Waals surface area contributed by atoms with Crippen molar-refractivity contribution in [1.82, 2.24) is 14.7 Å². The minimum atomic E-state index is -0.250. The lowest BCUT2D eigenvalue weighted by Crippen LogP contribution is -2.42. The first kappa shape index (κ1) is 20.8. The third kappa shape index (κ3) is 5.00. The summed E-state index contributed by atoms with van der Waals surface area (Å²) in [6.45, 7) is 3.69. The van der Waals surface area contributed by atoms with E-state index in [-0.39, 0.29) is 24.3 Å². The molecule has 1 saturated heterocycles. The molecule has 0 saturated carbocycles. The topological polar surface area (TPSA) is 93.3 Å². The largest absolute Gasteiger partial charge is 0.369 e. The van der Waals surface area contributed by atoms with Gasteiger partial charge in [-0.05, 0) is 45.0 Å². The van der Waals surface area contributed by atoms with Gasteiger partial charge in [-0.15, -0.1) is 0 Å². The van der Waals surface area contributed by atoms with Crippen LogP contribution in [0.4, 0.5) is 5.82 Å². The molecule has 0 aliphatic carbocycles.